The summed E-state index contributed by atoms with van der Waals surface area (Å²) >= 11 is 1.81. The Kier molecular flexibility index (Phi) is 2.67. The highest BCUT2D eigenvalue weighted by atomic mass is 32.1. The van der Waals surface area contributed by atoms with Gasteiger partial charge in [0.25, 0.3) is 0 Å². The predicted octanol–water partition coefficient (Wildman–Crippen LogP) is 1.58. The van der Waals surface area contributed by atoms with Gasteiger partial charge in [0.05, 0.1) is 0 Å². The molecule has 0 bridgehead atoms. The van der Waals surface area contributed by atoms with Crippen LogP contribution in [0.3, 0.4) is 0 Å². The molecule has 3 N–H and O–H groups in total. The fraction of sp³-hybridized carbons (Fsp3) is 0.600. The molecule has 0 aromatic carbocycles. The second-order valence-electron chi connectivity index (χ2n) is 3.89. The van der Waals surface area contributed by atoms with Gasteiger partial charge in [-0.3, -0.25) is 0 Å². The number of hydrogen-bond acceptors (Lipinski definition) is 3. The van der Waals surface area contributed by atoms with Gasteiger partial charge in [0.15, 0.2) is 0 Å². The number of hydrogen-bond donors (Lipinski definition) is 2. The average Bonchev–Trinajstić information content (AvgIpc) is 2.74. The summed E-state index contributed by atoms with van der Waals surface area (Å²) in [4.78, 5) is 1.41. The molecule has 3 heteroatoms. The van der Waals surface area contributed by atoms with Crippen LogP contribution in [0, 0.1) is 5.41 Å². The summed E-state index contributed by atoms with van der Waals surface area (Å²) in [5.74, 6) is 0. The summed E-state index contributed by atoms with van der Waals surface area (Å²) in [5, 5.41) is 5.59. The summed E-state index contributed by atoms with van der Waals surface area (Å²) in [6.45, 7) is 2.92. The van der Waals surface area contributed by atoms with Crippen molar-refractivity contribution in [3.8, 4) is 0 Å². The van der Waals surface area contributed by atoms with Gasteiger partial charge in [-0.2, -0.15) is 0 Å². The molecule has 0 unspecified atom stereocenters. The molecule has 0 saturated heterocycles. The Labute approximate surface area is 83.1 Å². The second kappa shape index (κ2) is 3.78. The molecule has 0 atom stereocenters. The molecular formula is C10H16N2S. The third-order valence-corrected chi connectivity index (χ3v) is 3.65. The molecule has 2 rings (SSSR count). The molecule has 13 heavy (non-hydrogen) atoms. The van der Waals surface area contributed by atoms with Gasteiger partial charge in [-0.1, -0.05) is 6.07 Å². The lowest BCUT2D eigenvalue weighted by Crippen LogP contribution is -2.29. The summed E-state index contributed by atoms with van der Waals surface area (Å²) in [7, 11) is 0. The van der Waals surface area contributed by atoms with Crippen LogP contribution in [0.1, 0.15) is 17.7 Å². The highest BCUT2D eigenvalue weighted by Crippen LogP contribution is 2.43. The van der Waals surface area contributed by atoms with Crippen molar-refractivity contribution < 1.29 is 0 Å². The van der Waals surface area contributed by atoms with Gasteiger partial charge in [0.1, 0.15) is 0 Å². The van der Waals surface area contributed by atoms with E-state index in [2.05, 4.69) is 22.8 Å². The van der Waals surface area contributed by atoms with E-state index in [-0.39, 0.29) is 0 Å². The molecule has 1 saturated carbocycles. The Hall–Kier alpha value is -0.380. The third-order valence-electron chi connectivity index (χ3n) is 2.77. The first-order chi connectivity index (χ1) is 6.35. The maximum atomic E-state index is 5.69. The first kappa shape index (κ1) is 9.19. The van der Waals surface area contributed by atoms with Gasteiger partial charge < -0.3 is 11.1 Å². The van der Waals surface area contributed by atoms with Gasteiger partial charge in [-0.05, 0) is 36.2 Å². The molecule has 0 amide bonds. The third kappa shape index (κ3) is 2.30. The first-order valence-corrected chi connectivity index (χ1v) is 5.66. The van der Waals surface area contributed by atoms with E-state index in [1.165, 1.54) is 17.7 Å². The predicted molar refractivity (Wildman–Crippen MR) is 56.7 cm³/mol. The van der Waals surface area contributed by atoms with E-state index in [9.17, 15) is 0 Å². The van der Waals surface area contributed by atoms with E-state index in [0.717, 1.165) is 19.6 Å². The zero-order valence-electron chi connectivity index (χ0n) is 7.75. The second-order valence-corrected chi connectivity index (χ2v) is 4.92. The Balaban J connectivity index is 1.70. The van der Waals surface area contributed by atoms with Gasteiger partial charge >= 0.3 is 0 Å². The molecule has 1 aliphatic rings. The highest BCUT2D eigenvalue weighted by molar-refractivity contribution is 7.09. The van der Waals surface area contributed by atoms with Gasteiger partial charge in [-0.15, -0.1) is 11.3 Å². The molecule has 1 aliphatic carbocycles. The summed E-state index contributed by atoms with van der Waals surface area (Å²) in [6.07, 6.45) is 2.61. The topological polar surface area (TPSA) is 38.0 Å². The maximum Gasteiger partial charge on any atom is 0.0299 e. The monoisotopic (exact) mass is 196 g/mol. The van der Waals surface area contributed by atoms with Crippen molar-refractivity contribution in [1.82, 2.24) is 5.32 Å². The summed E-state index contributed by atoms with van der Waals surface area (Å²) in [5.41, 5.74) is 6.15. The fourth-order valence-electron chi connectivity index (χ4n) is 1.49. The quantitative estimate of drug-likeness (QED) is 0.750. The SMILES string of the molecule is NCC1(CNCc2cccs2)CC1. The number of nitrogens with one attached hydrogen (secondary N) is 1. The van der Waals surface area contributed by atoms with Crippen LogP contribution < -0.4 is 11.1 Å². The van der Waals surface area contributed by atoms with Crippen LogP contribution >= 0.6 is 11.3 Å². The lowest BCUT2D eigenvalue weighted by atomic mass is 10.1. The standard InChI is InChI=1S/C10H16N2S/c11-7-10(3-4-10)8-12-6-9-2-1-5-13-9/h1-2,5,12H,3-4,6-8,11H2. The van der Waals surface area contributed by atoms with Crippen LogP contribution in [0.25, 0.3) is 0 Å². The van der Waals surface area contributed by atoms with Crippen molar-refractivity contribution in [2.24, 2.45) is 11.1 Å². The Morgan fingerprint density at radius 3 is 2.92 bits per heavy atom. The zero-order valence-corrected chi connectivity index (χ0v) is 8.57. The van der Waals surface area contributed by atoms with E-state index < -0.39 is 0 Å². The first-order valence-electron chi connectivity index (χ1n) is 4.78. The van der Waals surface area contributed by atoms with Gasteiger partial charge in [0.2, 0.25) is 0 Å². The Morgan fingerprint density at radius 1 is 1.54 bits per heavy atom. The molecule has 1 aromatic heterocycles. The fourth-order valence-corrected chi connectivity index (χ4v) is 2.17. The van der Waals surface area contributed by atoms with Crippen molar-refractivity contribution in [3.63, 3.8) is 0 Å². The molecule has 72 valence electrons. The maximum absolute atomic E-state index is 5.69. The van der Waals surface area contributed by atoms with Crippen LogP contribution in [-0.4, -0.2) is 13.1 Å². The van der Waals surface area contributed by atoms with E-state index in [4.69, 9.17) is 5.73 Å². The van der Waals surface area contributed by atoms with Crippen LogP contribution in [0.4, 0.5) is 0 Å². The van der Waals surface area contributed by atoms with E-state index in [1.54, 1.807) is 0 Å². The summed E-state index contributed by atoms with van der Waals surface area (Å²) in [6, 6.07) is 4.26. The molecule has 0 spiro atoms. The molecule has 1 heterocycles. The van der Waals surface area contributed by atoms with Crippen molar-refractivity contribution in [1.29, 1.82) is 0 Å². The van der Waals surface area contributed by atoms with Crippen LogP contribution in [0.2, 0.25) is 0 Å². The lowest BCUT2D eigenvalue weighted by molar-refractivity contribution is 0.469. The molecule has 0 aliphatic heterocycles. The zero-order chi connectivity index (χ0) is 9.15. The van der Waals surface area contributed by atoms with E-state index >= 15 is 0 Å². The number of thiophene rings is 1. The smallest absolute Gasteiger partial charge is 0.0299 e. The summed E-state index contributed by atoms with van der Waals surface area (Å²) < 4.78 is 0. The van der Waals surface area contributed by atoms with Crippen molar-refractivity contribution >= 4 is 11.3 Å². The van der Waals surface area contributed by atoms with Gasteiger partial charge in [-0.25, -0.2) is 0 Å². The van der Waals surface area contributed by atoms with Crippen LogP contribution in [-0.2, 0) is 6.54 Å². The minimum Gasteiger partial charge on any atom is -0.330 e. The highest BCUT2D eigenvalue weighted by Gasteiger charge is 2.40. The van der Waals surface area contributed by atoms with Crippen molar-refractivity contribution in [2.45, 2.75) is 19.4 Å². The lowest BCUT2D eigenvalue weighted by Gasteiger charge is -2.12. The largest absolute Gasteiger partial charge is 0.330 e. The number of nitrogens with two attached hydrogens (primary N) is 1. The minimum absolute atomic E-state index is 0.456. The molecule has 0 radical (unpaired) electrons. The molecule has 2 nitrogen and oxygen atoms in total. The van der Waals surface area contributed by atoms with Gasteiger partial charge in [0, 0.05) is 18.0 Å². The van der Waals surface area contributed by atoms with E-state index in [1.807, 2.05) is 11.3 Å². The average molecular weight is 196 g/mol. The molecule has 1 aromatic rings. The van der Waals surface area contributed by atoms with Crippen LogP contribution in [0.15, 0.2) is 17.5 Å². The van der Waals surface area contributed by atoms with Crippen molar-refractivity contribution in [3.05, 3.63) is 22.4 Å². The molecule has 1 fully saturated rings. The van der Waals surface area contributed by atoms with Crippen molar-refractivity contribution in [2.75, 3.05) is 13.1 Å². The molecular weight excluding hydrogens is 180 g/mol. The van der Waals surface area contributed by atoms with Crippen LogP contribution in [0.5, 0.6) is 0 Å². The number of rotatable bonds is 5. The van der Waals surface area contributed by atoms with E-state index in [0.29, 0.717) is 5.41 Å². The minimum atomic E-state index is 0.456. The normalized spacial score (nSPS) is 18.8. The Morgan fingerprint density at radius 2 is 2.38 bits per heavy atom. The Bertz CT molecular complexity index is 252.